The highest BCUT2D eigenvalue weighted by Gasteiger charge is 2.11. The molecule has 0 bridgehead atoms. The van der Waals surface area contributed by atoms with Crippen LogP contribution in [0.1, 0.15) is 0 Å². The second-order valence-electron chi connectivity index (χ2n) is 5.39. The molecule has 0 saturated carbocycles. The first-order valence-electron chi connectivity index (χ1n) is 7.92. The number of ether oxygens (including phenoxy) is 3. The fourth-order valence-electron chi connectivity index (χ4n) is 2.42. The Morgan fingerprint density at radius 3 is 2.42 bits per heavy atom. The van der Waals surface area contributed by atoms with Crippen LogP contribution < -0.4 is 25.3 Å². The molecule has 0 aliphatic carbocycles. The molecule has 0 unspecified atom stereocenters. The summed E-state index contributed by atoms with van der Waals surface area (Å²) >= 11 is 5.84. The number of anilines is 2. The molecule has 0 saturated heterocycles. The van der Waals surface area contributed by atoms with Crippen molar-refractivity contribution < 1.29 is 14.2 Å². The molecule has 0 atom stereocenters. The molecular formula is C18H19ClN4O3. The average molecular weight is 375 g/mol. The van der Waals surface area contributed by atoms with E-state index in [4.69, 9.17) is 31.5 Å². The van der Waals surface area contributed by atoms with Crippen LogP contribution in [0.25, 0.3) is 10.9 Å². The number of rotatable bonds is 7. The van der Waals surface area contributed by atoms with Crippen LogP contribution in [0.3, 0.4) is 0 Å². The van der Waals surface area contributed by atoms with E-state index in [1.807, 2.05) is 12.1 Å². The van der Waals surface area contributed by atoms with E-state index in [1.54, 1.807) is 38.5 Å². The van der Waals surface area contributed by atoms with Gasteiger partial charge < -0.3 is 25.3 Å². The molecule has 3 rings (SSSR count). The molecular weight excluding hydrogens is 356 g/mol. The van der Waals surface area contributed by atoms with Crippen molar-refractivity contribution in [2.45, 2.75) is 0 Å². The number of benzene rings is 2. The first kappa shape index (κ1) is 17.9. The van der Waals surface area contributed by atoms with E-state index in [0.717, 1.165) is 5.75 Å². The molecule has 3 N–H and O–H groups in total. The van der Waals surface area contributed by atoms with Gasteiger partial charge in [0.05, 0.1) is 26.3 Å². The Labute approximate surface area is 156 Å². The zero-order valence-corrected chi connectivity index (χ0v) is 15.2. The lowest BCUT2D eigenvalue weighted by atomic mass is 10.2. The Morgan fingerprint density at radius 2 is 1.73 bits per heavy atom. The van der Waals surface area contributed by atoms with E-state index in [-0.39, 0.29) is 0 Å². The van der Waals surface area contributed by atoms with Gasteiger partial charge in [0.25, 0.3) is 0 Å². The Bertz CT molecular complexity index is 903. The van der Waals surface area contributed by atoms with Crippen LogP contribution in [0.4, 0.5) is 11.8 Å². The highest BCUT2D eigenvalue weighted by atomic mass is 35.5. The van der Waals surface area contributed by atoms with Crippen LogP contribution in [-0.4, -0.2) is 37.3 Å². The summed E-state index contributed by atoms with van der Waals surface area (Å²) in [6.45, 7) is 0.954. The van der Waals surface area contributed by atoms with Crippen LogP contribution in [0, 0.1) is 0 Å². The highest BCUT2D eigenvalue weighted by molar-refractivity contribution is 6.30. The van der Waals surface area contributed by atoms with E-state index in [0.29, 0.717) is 52.3 Å². The summed E-state index contributed by atoms with van der Waals surface area (Å²) in [5.41, 5.74) is 6.71. The van der Waals surface area contributed by atoms with Gasteiger partial charge >= 0.3 is 0 Å². The van der Waals surface area contributed by atoms with Crippen LogP contribution in [0.5, 0.6) is 17.2 Å². The number of aromatic nitrogens is 2. The third-order valence-electron chi connectivity index (χ3n) is 3.70. The second kappa shape index (κ2) is 7.97. The summed E-state index contributed by atoms with van der Waals surface area (Å²) in [7, 11) is 3.14. The van der Waals surface area contributed by atoms with E-state index < -0.39 is 0 Å². The smallest absolute Gasteiger partial charge is 0.225 e. The third-order valence-corrected chi connectivity index (χ3v) is 3.95. The Balaban J connectivity index is 1.69. The summed E-state index contributed by atoms with van der Waals surface area (Å²) in [5.74, 6) is 2.67. The minimum atomic E-state index is 0.358. The predicted molar refractivity (Wildman–Crippen MR) is 102 cm³/mol. The van der Waals surface area contributed by atoms with Gasteiger partial charge in [-0.05, 0) is 30.3 Å². The van der Waals surface area contributed by atoms with Gasteiger partial charge in [0.1, 0.15) is 18.2 Å². The topological polar surface area (TPSA) is 91.5 Å². The number of hydrogen-bond acceptors (Lipinski definition) is 7. The maximum Gasteiger partial charge on any atom is 0.225 e. The predicted octanol–water partition coefficient (Wildman–Crippen LogP) is 3.37. The Morgan fingerprint density at radius 1 is 1.04 bits per heavy atom. The summed E-state index contributed by atoms with van der Waals surface area (Å²) in [6.07, 6.45) is 0. The van der Waals surface area contributed by atoms with Gasteiger partial charge in [-0.3, -0.25) is 0 Å². The monoisotopic (exact) mass is 374 g/mol. The maximum absolute atomic E-state index is 6.05. The minimum Gasteiger partial charge on any atom is -0.493 e. The maximum atomic E-state index is 6.05. The number of nitrogens with two attached hydrogens (primary N) is 1. The van der Waals surface area contributed by atoms with Crippen LogP contribution in [-0.2, 0) is 0 Å². The molecule has 3 aromatic rings. The molecule has 26 heavy (non-hydrogen) atoms. The lowest BCUT2D eigenvalue weighted by Crippen LogP contribution is -2.14. The number of methoxy groups -OCH3 is 2. The summed E-state index contributed by atoms with van der Waals surface area (Å²) in [4.78, 5) is 8.74. The largest absolute Gasteiger partial charge is 0.493 e. The van der Waals surface area contributed by atoms with Crippen molar-refractivity contribution in [2.24, 2.45) is 0 Å². The molecule has 2 aromatic carbocycles. The molecule has 1 aromatic heterocycles. The van der Waals surface area contributed by atoms with Crippen molar-refractivity contribution >= 4 is 34.3 Å². The number of halogens is 1. The van der Waals surface area contributed by atoms with E-state index >= 15 is 0 Å². The summed E-state index contributed by atoms with van der Waals surface area (Å²) in [5, 5.41) is 4.47. The first-order chi connectivity index (χ1) is 12.6. The van der Waals surface area contributed by atoms with Crippen molar-refractivity contribution in [3.8, 4) is 17.2 Å². The molecule has 0 fully saturated rings. The van der Waals surface area contributed by atoms with E-state index in [9.17, 15) is 0 Å². The normalized spacial score (nSPS) is 10.6. The van der Waals surface area contributed by atoms with Gasteiger partial charge in [-0.1, -0.05) is 11.6 Å². The molecule has 0 spiro atoms. The standard InChI is InChI=1S/C18H19ClN4O3/c1-24-15-9-13-14(10-16(15)25-2)22-18(23-17(13)20)21-7-8-26-12-5-3-11(19)4-6-12/h3-6,9-10H,7-8H2,1-2H3,(H3,20,21,22,23). The van der Waals surface area contributed by atoms with Crippen LogP contribution >= 0.6 is 11.6 Å². The van der Waals surface area contributed by atoms with Crippen molar-refractivity contribution in [1.29, 1.82) is 0 Å². The Hall–Kier alpha value is -2.93. The zero-order chi connectivity index (χ0) is 18.5. The molecule has 7 nitrogen and oxygen atoms in total. The van der Waals surface area contributed by atoms with Gasteiger partial charge in [-0.2, -0.15) is 4.98 Å². The number of nitrogens with one attached hydrogen (secondary N) is 1. The van der Waals surface area contributed by atoms with Crippen molar-refractivity contribution in [3.05, 3.63) is 41.4 Å². The molecule has 1 heterocycles. The lowest BCUT2D eigenvalue weighted by molar-refractivity contribution is 0.332. The molecule has 0 radical (unpaired) electrons. The number of hydrogen-bond donors (Lipinski definition) is 2. The zero-order valence-electron chi connectivity index (χ0n) is 14.5. The van der Waals surface area contributed by atoms with E-state index in [1.165, 1.54) is 0 Å². The van der Waals surface area contributed by atoms with Gasteiger partial charge in [0.2, 0.25) is 5.95 Å². The average Bonchev–Trinajstić information content (AvgIpc) is 2.65. The number of fused-ring (bicyclic) bond motifs is 1. The third kappa shape index (κ3) is 4.00. The van der Waals surface area contributed by atoms with Crippen molar-refractivity contribution in [1.82, 2.24) is 9.97 Å². The Kier molecular flexibility index (Phi) is 5.48. The highest BCUT2D eigenvalue weighted by Crippen LogP contribution is 2.33. The van der Waals surface area contributed by atoms with Gasteiger partial charge in [0, 0.05) is 16.5 Å². The van der Waals surface area contributed by atoms with Crippen molar-refractivity contribution in [2.75, 3.05) is 38.4 Å². The second-order valence-corrected chi connectivity index (χ2v) is 5.82. The SMILES string of the molecule is COc1cc2nc(NCCOc3ccc(Cl)cc3)nc(N)c2cc1OC. The quantitative estimate of drug-likeness (QED) is 0.612. The van der Waals surface area contributed by atoms with Crippen LogP contribution in [0.2, 0.25) is 5.02 Å². The molecule has 136 valence electrons. The fraction of sp³-hybridized carbons (Fsp3) is 0.222. The van der Waals surface area contributed by atoms with Crippen molar-refractivity contribution in [3.63, 3.8) is 0 Å². The number of nitrogen functional groups attached to an aromatic ring is 1. The lowest BCUT2D eigenvalue weighted by Gasteiger charge is -2.12. The van der Waals surface area contributed by atoms with Gasteiger partial charge in [0.15, 0.2) is 11.5 Å². The number of nitrogens with zero attached hydrogens (tertiary/aromatic N) is 2. The first-order valence-corrected chi connectivity index (χ1v) is 8.30. The molecule has 0 aliphatic heterocycles. The summed E-state index contributed by atoms with van der Waals surface area (Å²) in [6, 6.07) is 10.7. The van der Waals surface area contributed by atoms with Gasteiger partial charge in [-0.25, -0.2) is 4.98 Å². The minimum absolute atomic E-state index is 0.358. The van der Waals surface area contributed by atoms with Crippen LogP contribution in [0.15, 0.2) is 36.4 Å². The molecule has 0 aliphatic rings. The molecule has 8 heteroatoms. The molecule has 0 amide bonds. The summed E-state index contributed by atoms with van der Waals surface area (Å²) < 4.78 is 16.2. The van der Waals surface area contributed by atoms with Gasteiger partial charge in [-0.15, -0.1) is 0 Å². The fourth-order valence-corrected chi connectivity index (χ4v) is 2.55. The van der Waals surface area contributed by atoms with E-state index in [2.05, 4.69) is 15.3 Å².